The monoisotopic (exact) mass is 373 g/mol. The van der Waals surface area contributed by atoms with Crippen LogP contribution in [0.1, 0.15) is 36.0 Å². The minimum Gasteiger partial charge on any atom is -0.334 e. The summed E-state index contributed by atoms with van der Waals surface area (Å²) in [4.78, 5) is 14.5. The van der Waals surface area contributed by atoms with Crippen molar-refractivity contribution < 1.29 is 13.2 Å². The first-order valence-electron chi connectivity index (χ1n) is 8.12. The Morgan fingerprint density at radius 1 is 1.29 bits per heavy atom. The fourth-order valence-corrected chi connectivity index (χ4v) is 4.10. The molecule has 8 heteroatoms. The van der Waals surface area contributed by atoms with Crippen molar-refractivity contribution in [2.75, 3.05) is 19.6 Å². The van der Waals surface area contributed by atoms with Gasteiger partial charge in [-0.25, -0.2) is 13.1 Å². The Balaban J connectivity index is 0.00000208. The van der Waals surface area contributed by atoms with E-state index < -0.39 is 10.0 Å². The molecular formula is C16H24ClN3O3S. The van der Waals surface area contributed by atoms with Crippen molar-refractivity contribution in [3.8, 4) is 0 Å². The predicted molar refractivity (Wildman–Crippen MR) is 94.7 cm³/mol. The van der Waals surface area contributed by atoms with E-state index in [0.29, 0.717) is 31.1 Å². The van der Waals surface area contributed by atoms with Gasteiger partial charge in [0, 0.05) is 31.2 Å². The fourth-order valence-electron chi connectivity index (χ4n) is 2.94. The highest BCUT2D eigenvalue weighted by atomic mass is 35.5. The molecule has 0 aromatic heterocycles. The molecule has 1 saturated carbocycles. The first kappa shape index (κ1) is 19.2. The van der Waals surface area contributed by atoms with Crippen molar-refractivity contribution >= 4 is 28.3 Å². The summed E-state index contributed by atoms with van der Waals surface area (Å²) in [6.45, 7) is 1.59. The highest BCUT2D eigenvalue weighted by Gasteiger charge is 2.29. The molecule has 134 valence electrons. The largest absolute Gasteiger partial charge is 0.334 e. The number of likely N-dealkylation sites (tertiary alicyclic amines) is 1. The number of hydrogen-bond acceptors (Lipinski definition) is 4. The molecular weight excluding hydrogens is 350 g/mol. The molecule has 2 aliphatic rings. The molecule has 1 aliphatic carbocycles. The molecule has 2 fully saturated rings. The molecule has 0 radical (unpaired) electrons. The third-order valence-corrected chi connectivity index (χ3v) is 5.98. The summed E-state index contributed by atoms with van der Waals surface area (Å²) in [5, 5.41) is 0. The molecule has 1 aromatic carbocycles. The van der Waals surface area contributed by atoms with Crippen molar-refractivity contribution in [3.63, 3.8) is 0 Å². The topological polar surface area (TPSA) is 92.5 Å². The van der Waals surface area contributed by atoms with Crippen LogP contribution in [0.5, 0.6) is 0 Å². The highest BCUT2D eigenvalue weighted by molar-refractivity contribution is 7.89. The summed E-state index contributed by atoms with van der Waals surface area (Å²) in [6, 6.07) is 6.32. The van der Waals surface area contributed by atoms with Crippen molar-refractivity contribution in [2.24, 2.45) is 11.7 Å². The number of hydrogen-bond donors (Lipinski definition) is 2. The smallest absolute Gasteiger partial charge is 0.254 e. The summed E-state index contributed by atoms with van der Waals surface area (Å²) >= 11 is 0. The molecule has 6 nitrogen and oxygen atoms in total. The van der Waals surface area contributed by atoms with E-state index in [1.54, 1.807) is 17.0 Å². The third kappa shape index (κ3) is 4.27. The molecule has 3 rings (SSSR count). The Kier molecular flexibility index (Phi) is 6.25. The van der Waals surface area contributed by atoms with Gasteiger partial charge >= 0.3 is 0 Å². The van der Waals surface area contributed by atoms with Gasteiger partial charge in [-0.15, -0.1) is 12.4 Å². The quantitative estimate of drug-likeness (QED) is 0.787. The Bertz CT molecular complexity index is 692. The summed E-state index contributed by atoms with van der Waals surface area (Å²) in [6.07, 6.45) is 4.00. The number of carbonyl (C=O) groups excluding carboxylic acids is 1. The van der Waals surface area contributed by atoms with Crippen LogP contribution in [0.3, 0.4) is 0 Å². The molecule has 24 heavy (non-hydrogen) atoms. The molecule has 1 atom stereocenters. The lowest BCUT2D eigenvalue weighted by molar-refractivity contribution is 0.0741. The molecule has 3 N–H and O–H groups in total. The average Bonchev–Trinajstić information content (AvgIpc) is 3.27. The fraction of sp³-hybridized carbons (Fsp3) is 0.562. The zero-order valence-electron chi connectivity index (χ0n) is 13.5. The number of nitrogens with one attached hydrogen (secondary N) is 1. The van der Waals surface area contributed by atoms with Gasteiger partial charge in [0.1, 0.15) is 0 Å². The number of rotatable bonds is 6. The van der Waals surface area contributed by atoms with Gasteiger partial charge in [0.05, 0.1) is 4.90 Å². The number of nitrogens with two attached hydrogens (primary N) is 1. The van der Waals surface area contributed by atoms with Crippen LogP contribution < -0.4 is 10.5 Å². The number of carbonyl (C=O) groups is 1. The van der Waals surface area contributed by atoms with E-state index in [1.807, 2.05) is 0 Å². The van der Waals surface area contributed by atoms with Gasteiger partial charge in [0.25, 0.3) is 5.91 Å². The van der Waals surface area contributed by atoms with Crippen LogP contribution >= 0.6 is 12.4 Å². The van der Waals surface area contributed by atoms with Gasteiger partial charge in [-0.1, -0.05) is 6.07 Å². The van der Waals surface area contributed by atoms with E-state index in [-0.39, 0.29) is 29.3 Å². The molecule has 1 aromatic rings. The van der Waals surface area contributed by atoms with Gasteiger partial charge in [-0.2, -0.15) is 0 Å². The van der Waals surface area contributed by atoms with Crippen LogP contribution in [0, 0.1) is 5.92 Å². The molecule has 1 heterocycles. The average molecular weight is 374 g/mol. The van der Waals surface area contributed by atoms with E-state index in [1.165, 1.54) is 12.1 Å². The van der Waals surface area contributed by atoms with Gasteiger partial charge in [-0.05, 0) is 49.8 Å². The maximum absolute atomic E-state index is 12.6. The Morgan fingerprint density at radius 3 is 2.71 bits per heavy atom. The molecule has 0 bridgehead atoms. The zero-order chi connectivity index (χ0) is 16.4. The Labute approximate surface area is 149 Å². The molecule has 1 amide bonds. The van der Waals surface area contributed by atoms with E-state index in [9.17, 15) is 13.2 Å². The maximum atomic E-state index is 12.6. The first-order valence-corrected chi connectivity index (χ1v) is 9.60. The molecule has 1 saturated heterocycles. The maximum Gasteiger partial charge on any atom is 0.254 e. The molecule has 1 aliphatic heterocycles. The van der Waals surface area contributed by atoms with Crippen LogP contribution in [-0.4, -0.2) is 44.9 Å². The van der Waals surface area contributed by atoms with E-state index >= 15 is 0 Å². The first-order chi connectivity index (χ1) is 11.0. The van der Waals surface area contributed by atoms with Gasteiger partial charge < -0.3 is 10.6 Å². The predicted octanol–water partition coefficient (Wildman–Crippen LogP) is 1.36. The van der Waals surface area contributed by atoms with Crippen molar-refractivity contribution in [1.29, 1.82) is 0 Å². The van der Waals surface area contributed by atoms with Gasteiger partial charge in [0.15, 0.2) is 0 Å². The summed E-state index contributed by atoms with van der Waals surface area (Å²) in [5.74, 6) is 0.321. The SMILES string of the molecule is Cl.NCC1CCCN1C(=O)c1cccc(S(=O)(=O)NCC2CC2)c1. The molecule has 1 unspecified atom stereocenters. The second kappa shape index (κ2) is 7.82. The van der Waals surface area contributed by atoms with Crippen LogP contribution in [-0.2, 0) is 10.0 Å². The second-order valence-corrected chi connectivity index (χ2v) is 8.12. The Morgan fingerprint density at radius 2 is 2.04 bits per heavy atom. The minimum absolute atomic E-state index is 0. The summed E-state index contributed by atoms with van der Waals surface area (Å²) in [7, 11) is -3.56. The number of amides is 1. The lowest BCUT2D eigenvalue weighted by Gasteiger charge is -2.23. The van der Waals surface area contributed by atoms with Crippen molar-refractivity contribution in [2.45, 2.75) is 36.6 Å². The number of benzene rings is 1. The number of sulfonamides is 1. The Hall–Kier alpha value is -1.15. The number of halogens is 1. The summed E-state index contributed by atoms with van der Waals surface area (Å²) in [5.41, 5.74) is 6.12. The van der Waals surface area contributed by atoms with Crippen LogP contribution in [0.25, 0.3) is 0 Å². The third-order valence-electron chi connectivity index (χ3n) is 4.56. The van der Waals surface area contributed by atoms with Crippen molar-refractivity contribution in [1.82, 2.24) is 9.62 Å². The van der Waals surface area contributed by atoms with Gasteiger partial charge in [-0.3, -0.25) is 4.79 Å². The lowest BCUT2D eigenvalue weighted by Crippen LogP contribution is -2.40. The molecule has 0 spiro atoms. The van der Waals surface area contributed by atoms with E-state index in [0.717, 1.165) is 25.7 Å². The van der Waals surface area contributed by atoms with Crippen LogP contribution in [0.2, 0.25) is 0 Å². The van der Waals surface area contributed by atoms with Crippen LogP contribution in [0.15, 0.2) is 29.2 Å². The normalized spacial score (nSPS) is 20.7. The van der Waals surface area contributed by atoms with Gasteiger partial charge in [0.2, 0.25) is 10.0 Å². The number of nitrogens with zero attached hydrogens (tertiary/aromatic N) is 1. The lowest BCUT2D eigenvalue weighted by atomic mass is 10.1. The second-order valence-electron chi connectivity index (χ2n) is 6.35. The van der Waals surface area contributed by atoms with E-state index in [4.69, 9.17) is 5.73 Å². The zero-order valence-corrected chi connectivity index (χ0v) is 15.1. The summed E-state index contributed by atoms with van der Waals surface area (Å²) < 4.78 is 27.3. The minimum atomic E-state index is -3.56. The highest BCUT2D eigenvalue weighted by Crippen LogP contribution is 2.28. The standard InChI is InChI=1S/C16H23N3O3S.ClH/c17-10-14-4-2-8-19(14)16(20)13-3-1-5-15(9-13)23(21,22)18-11-12-6-7-12;/h1,3,5,9,12,14,18H,2,4,6-8,10-11,17H2;1H. The van der Waals surface area contributed by atoms with E-state index in [2.05, 4.69) is 4.72 Å². The van der Waals surface area contributed by atoms with Crippen LogP contribution in [0.4, 0.5) is 0 Å². The van der Waals surface area contributed by atoms with Crippen molar-refractivity contribution in [3.05, 3.63) is 29.8 Å².